The van der Waals surface area contributed by atoms with Gasteiger partial charge in [-0.3, -0.25) is 0 Å². The summed E-state index contributed by atoms with van der Waals surface area (Å²) in [5.74, 6) is -0.579. The first-order valence-corrected chi connectivity index (χ1v) is 4.18. The van der Waals surface area contributed by atoms with E-state index in [1.165, 1.54) is 0 Å². The lowest BCUT2D eigenvalue weighted by molar-refractivity contribution is -0.138. The average molecular weight is 227 g/mol. The van der Waals surface area contributed by atoms with Gasteiger partial charge in [-0.2, -0.15) is 0 Å². The van der Waals surface area contributed by atoms with E-state index in [-0.39, 0.29) is 19.2 Å². The molecule has 0 radical (unpaired) electrons. The number of aromatic hydroxyl groups is 2. The molecule has 0 spiro atoms. The molecule has 0 atom stereocenters. The quantitative estimate of drug-likeness (QED) is 0.389. The van der Waals surface area contributed by atoms with Crippen LogP contribution in [-0.2, 0) is 9.53 Å². The first kappa shape index (κ1) is 11.7. The summed E-state index contributed by atoms with van der Waals surface area (Å²) in [4.78, 5) is 20.5. The molecule has 86 valence electrons. The zero-order chi connectivity index (χ0) is 12.0. The van der Waals surface area contributed by atoms with E-state index < -0.39 is 18.0 Å². The number of ether oxygens (including phenoxy) is 2. The van der Waals surface area contributed by atoms with E-state index in [0.717, 1.165) is 6.08 Å². The molecule has 0 aromatic carbocycles. The molecule has 1 aromatic rings. The van der Waals surface area contributed by atoms with Crippen molar-refractivity contribution < 1.29 is 24.5 Å². The Morgan fingerprint density at radius 3 is 2.44 bits per heavy atom. The summed E-state index contributed by atoms with van der Waals surface area (Å²) in [6.45, 7) is 3.15. The van der Waals surface area contributed by atoms with E-state index in [4.69, 9.17) is 14.9 Å². The second-order valence-corrected chi connectivity index (χ2v) is 2.44. The van der Waals surface area contributed by atoms with Crippen molar-refractivity contribution in [2.45, 2.75) is 0 Å². The topological polar surface area (TPSA) is 115 Å². The van der Waals surface area contributed by atoms with E-state index in [0.29, 0.717) is 0 Å². The number of rotatable bonds is 5. The Kier molecular flexibility index (Phi) is 4.01. The maximum atomic E-state index is 10.6. The summed E-state index contributed by atoms with van der Waals surface area (Å²) in [5, 5.41) is 17.8. The van der Waals surface area contributed by atoms with Gasteiger partial charge in [0.25, 0.3) is 0 Å². The van der Waals surface area contributed by atoms with Crippen LogP contribution in [0, 0.1) is 0 Å². The van der Waals surface area contributed by atoms with Crippen molar-refractivity contribution in [2.75, 3.05) is 13.2 Å². The average Bonchev–Trinajstić information content (AvgIpc) is 2.22. The summed E-state index contributed by atoms with van der Waals surface area (Å²) >= 11 is 0. The molecule has 8 heteroatoms. The first-order chi connectivity index (χ1) is 7.61. The van der Waals surface area contributed by atoms with Crippen molar-refractivity contribution in [2.24, 2.45) is 0 Å². The molecule has 0 unspecified atom stereocenters. The molecule has 0 amide bonds. The summed E-state index contributed by atoms with van der Waals surface area (Å²) in [6.07, 6.45) is 1.01. The Morgan fingerprint density at radius 1 is 1.25 bits per heavy atom. The second kappa shape index (κ2) is 5.49. The maximum Gasteiger partial charge on any atom is 0.330 e. The standard InChI is InChI=1S/C8H9N3O5/c1-2-5(12)15-3-4-16-8-10-6(13)9-7(14)11-8/h2H,1,3-4H2,(H2,9,10,11,13,14). The van der Waals surface area contributed by atoms with Gasteiger partial charge >= 0.3 is 24.0 Å². The molecule has 2 N–H and O–H groups in total. The van der Waals surface area contributed by atoms with Crippen molar-refractivity contribution >= 4 is 5.97 Å². The molecule has 8 nitrogen and oxygen atoms in total. The lowest BCUT2D eigenvalue weighted by Crippen LogP contribution is -2.11. The van der Waals surface area contributed by atoms with Gasteiger partial charge in [0.2, 0.25) is 0 Å². The van der Waals surface area contributed by atoms with Crippen molar-refractivity contribution in [3.05, 3.63) is 12.7 Å². The lowest BCUT2D eigenvalue weighted by Gasteiger charge is -2.04. The van der Waals surface area contributed by atoms with E-state index in [9.17, 15) is 4.79 Å². The lowest BCUT2D eigenvalue weighted by atomic mass is 10.6. The molecule has 0 saturated carbocycles. The highest BCUT2D eigenvalue weighted by atomic mass is 16.6. The zero-order valence-corrected chi connectivity index (χ0v) is 8.16. The van der Waals surface area contributed by atoms with Crippen LogP contribution in [0.1, 0.15) is 0 Å². The Bertz CT molecular complexity index is 375. The summed E-state index contributed by atoms with van der Waals surface area (Å²) < 4.78 is 9.46. The van der Waals surface area contributed by atoms with Crippen molar-refractivity contribution in [3.8, 4) is 18.0 Å². The van der Waals surface area contributed by atoms with Gasteiger partial charge in [0.05, 0.1) is 0 Å². The highest BCUT2D eigenvalue weighted by Gasteiger charge is 2.05. The van der Waals surface area contributed by atoms with Crippen LogP contribution in [0.5, 0.6) is 18.0 Å². The smallest absolute Gasteiger partial charge is 0.330 e. The fourth-order valence-electron chi connectivity index (χ4n) is 0.734. The fourth-order valence-corrected chi connectivity index (χ4v) is 0.734. The minimum atomic E-state index is -0.661. The minimum absolute atomic E-state index is 0.0253. The number of aromatic nitrogens is 3. The first-order valence-electron chi connectivity index (χ1n) is 4.18. The largest absolute Gasteiger partial charge is 0.479 e. The molecule has 0 aliphatic carbocycles. The van der Waals surface area contributed by atoms with Gasteiger partial charge in [-0.05, 0) is 0 Å². The van der Waals surface area contributed by atoms with Crippen LogP contribution in [0.3, 0.4) is 0 Å². The zero-order valence-electron chi connectivity index (χ0n) is 8.16. The summed E-state index contributed by atoms with van der Waals surface area (Å²) in [6, 6.07) is -1.59. The van der Waals surface area contributed by atoms with E-state index in [1.54, 1.807) is 0 Å². The molecule has 0 fully saturated rings. The predicted octanol–water partition coefficient (Wildman–Crippen LogP) is -0.609. The second-order valence-electron chi connectivity index (χ2n) is 2.44. The maximum absolute atomic E-state index is 10.6. The van der Waals surface area contributed by atoms with Crippen LogP contribution in [0.2, 0.25) is 0 Å². The Morgan fingerprint density at radius 2 is 1.88 bits per heavy atom. The number of hydrogen-bond acceptors (Lipinski definition) is 8. The third-order valence-corrected chi connectivity index (χ3v) is 1.32. The molecule has 0 aliphatic heterocycles. The molecule has 1 aromatic heterocycles. The van der Waals surface area contributed by atoms with Crippen LogP contribution in [0.4, 0.5) is 0 Å². The monoisotopic (exact) mass is 227 g/mol. The van der Waals surface area contributed by atoms with E-state index >= 15 is 0 Å². The van der Waals surface area contributed by atoms with Crippen LogP contribution in [0.25, 0.3) is 0 Å². The molecule has 0 saturated heterocycles. The third-order valence-electron chi connectivity index (χ3n) is 1.32. The van der Waals surface area contributed by atoms with Crippen LogP contribution < -0.4 is 4.74 Å². The Hall–Kier alpha value is -2.38. The van der Waals surface area contributed by atoms with E-state index in [2.05, 4.69) is 26.3 Å². The Balaban J connectivity index is 2.37. The molecule has 1 heterocycles. The van der Waals surface area contributed by atoms with Crippen LogP contribution >= 0.6 is 0 Å². The van der Waals surface area contributed by atoms with Gasteiger partial charge < -0.3 is 19.7 Å². The van der Waals surface area contributed by atoms with Crippen LogP contribution in [0.15, 0.2) is 12.7 Å². The summed E-state index contributed by atoms with van der Waals surface area (Å²) in [7, 11) is 0. The third kappa shape index (κ3) is 3.78. The minimum Gasteiger partial charge on any atom is -0.479 e. The van der Waals surface area contributed by atoms with Gasteiger partial charge in [0.1, 0.15) is 13.2 Å². The number of esters is 1. The van der Waals surface area contributed by atoms with Crippen molar-refractivity contribution in [1.82, 2.24) is 15.0 Å². The Labute approximate surface area is 90.2 Å². The number of carbonyl (C=O) groups is 1. The number of hydrogen-bond donors (Lipinski definition) is 2. The van der Waals surface area contributed by atoms with Gasteiger partial charge in [-0.25, -0.2) is 4.79 Å². The highest BCUT2D eigenvalue weighted by molar-refractivity contribution is 5.81. The van der Waals surface area contributed by atoms with Gasteiger partial charge in [0.15, 0.2) is 0 Å². The van der Waals surface area contributed by atoms with Crippen molar-refractivity contribution in [3.63, 3.8) is 0 Å². The number of carbonyl (C=O) groups excluding carboxylic acids is 1. The van der Waals surface area contributed by atoms with Gasteiger partial charge in [-0.15, -0.1) is 15.0 Å². The molecule has 0 bridgehead atoms. The highest BCUT2D eigenvalue weighted by Crippen LogP contribution is 2.11. The predicted molar refractivity (Wildman–Crippen MR) is 49.8 cm³/mol. The van der Waals surface area contributed by atoms with E-state index in [1.807, 2.05) is 0 Å². The molecular formula is C8H9N3O5. The number of nitrogens with zero attached hydrogens (tertiary/aromatic N) is 3. The normalized spacial score (nSPS) is 9.50. The molecule has 16 heavy (non-hydrogen) atoms. The molecule has 1 rings (SSSR count). The van der Waals surface area contributed by atoms with Crippen LogP contribution in [-0.4, -0.2) is 44.3 Å². The van der Waals surface area contributed by atoms with Crippen molar-refractivity contribution in [1.29, 1.82) is 0 Å². The van der Waals surface area contributed by atoms with Gasteiger partial charge in [-0.1, -0.05) is 6.58 Å². The molecular weight excluding hydrogens is 218 g/mol. The summed E-state index contributed by atoms with van der Waals surface area (Å²) in [5.41, 5.74) is 0. The fraction of sp³-hybridized carbons (Fsp3) is 0.250. The van der Waals surface area contributed by atoms with Gasteiger partial charge in [0, 0.05) is 6.08 Å². The molecule has 0 aliphatic rings. The SMILES string of the molecule is C=CC(=O)OCCOc1nc(O)nc(O)n1.